The van der Waals surface area contributed by atoms with E-state index in [0.717, 1.165) is 13.0 Å². The standard InChI is InChI=1S/C10H17N3/c1-13-8-9(7-12-13)10(5-6-11)3-2-4-10/h7-8H,2-6,11H2,1H3. The molecular weight excluding hydrogens is 162 g/mol. The van der Waals surface area contributed by atoms with Crippen LogP contribution in [0.2, 0.25) is 0 Å². The maximum absolute atomic E-state index is 5.64. The van der Waals surface area contributed by atoms with Gasteiger partial charge in [0.25, 0.3) is 0 Å². The summed E-state index contributed by atoms with van der Waals surface area (Å²) in [6.45, 7) is 0.787. The van der Waals surface area contributed by atoms with Crippen molar-refractivity contribution >= 4 is 0 Å². The van der Waals surface area contributed by atoms with Crippen molar-refractivity contribution in [2.24, 2.45) is 12.8 Å². The van der Waals surface area contributed by atoms with Crippen LogP contribution in [-0.4, -0.2) is 16.3 Å². The summed E-state index contributed by atoms with van der Waals surface area (Å²) in [6.07, 6.45) is 9.16. The average Bonchev–Trinajstić information content (AvgIpc) is 2.44. The fraction of sp³-hybridized carbons (Fsp3) is 0.700. The van der Waals surface area contributed by atoms with Crippen molar-refractivity contribution in [2.75, 3.05) is 6.54 Å². The van der Waals surface area contributed by atoms with Crippen LogP contribution in [0.3, 0.4) is 0 Å². The summed E-state index contributed by atoms with van der Waals surface area (Å²) in [5, 5.41) is 4.22. The van der Waals surface area contributed by atoms with Crippen molar-refractivity contribution in [2.45, 2.75) is 31.1 Å². The second kappa shape index (κ2) is 3.14. The van der Waals surface area contributed by atoms with Crippen LogP contribution < -0.4 is 5.73 Å². The zero-order valence-corrected chi connectivity index (χ0v) is 8.16. The van der Waals surface area contributed by atoms with Crippen LogP contribution in [0.15, 0.2) is 12.4 Å². The quantitative estimate of drug-likeness (QED) is 0.757. The Morgan fingerprint density at radius 1 is 1.62 bits per heavy atom. The van der Waals surface area contributed by atoms with Crippen LogP contribution >= 0.6 is 0 Å². The lowest BCUT2D eigenvalue weighted by atomic mass is 9.63. The van der Waals surface area contributed by atoms with E-state index in [-0.39, 0.29) is 0 Å². The van der Waals surface area contributed by atoms with Gasteiger partial charge >= 0.3 is 0 Å². The summed E-state index contributed by atoms with van der Waals surface area (Å²) >= 11 is 0. The van der Waals surface area contributed by atoms with Gasteiger partial charge in [0.15, 0.2) is 0 Å². The van der Waals surface area contributed by atoms with E-state index in [9.17, 15) is 0 Å². The van der Waals surface area contributed by atoms with E-state index in [1.165, 1.54) is 24.8 Å². The maximum atomic E-state index is 5.64. The lowest BCUT2D eigenvalue weighted by Gasteiger charge is -2.41. The van der Waals surface area contributed by atoms with E-state index in [1.54, 1.807) is 0 Å². The van der Waals surface area contributed by atoms with Crippen molar-refractivity contribution in [3.8, 4) is 0 Å². The molecule has 0 aromatic carbocycles. The first-order valence-corrected chi connectivity index (χ1v) is 4.96. The lowest BCUT2D eigenvalue weighted by Crippen LogP contribution is -2.36. The van der Waals surface area contributed by atoms with E-state index in [4.69, 9.17) is 5.73 Å². The third-order valence-corrected chi connectivity index (χ3v) is 3.25. The molecule has 0 radical (unpaired) electrons. The monoisotopic (exact) mass is 179 g/mol. The topological polar surface area (TPSA) is 43.8 Å². The summed E-state index contributed by atoms with van der Waals surface area (Å²) in [5.74, 6) is 0. The summed E-state index contributed by atoms with van der Waals surface area (Å²) in [4.78, 5) is 0. The molecule has 0 atom stereocenters. The zero-order chi connectivity index (χ0) is 9.31. The van der Waals surface area contributed by atoms with Gasteiger partial charge in [0.2, 0.25) is 0 Å². The highest BCUT2D eigenvalue weighted by Crippen LogP contribution is 2.45. The molecular formula is C10H17N3. The molecule has 2 rings (SSSR count). The second-order valence-electron chi connectivity index (χ2n) is 4.08. The maximum Gasteiger partial charge on any atom is 0.0527 e. The number of hydrogen-bond acceptors (Lipinski definition) is 2. The molecule has 0 unspecified atom stereocenters. The van der Waals surface area contributed by atoms with Crippen molar-refractivity contribution in [3.05, 3.63) is 18.0 Å². The minimum absolute atomic E-state index is 0.378. The smallest absolute Gasteiger partial charge is 0.0527 e. The Kier molecular flexibility index (Phi) is 2.12. The van der Waals surface area contributed by atoms with Gasteiger partial charge in [-0.05, 0) is 36.8 Å². The van der Waals surface area contributed by atoms with Crippen molar-refractivity contribution in [1.29, 1.82) is 0 Å². The molecule has 0 bridgehead atoms. The highest BCUT2D eigenvalue weighted by Gasteiger charge is 2.38. The number of nitrogens with two attached hydrogens (primary N) is 1. The molecule has 3 heteroatoms. The molecule has 3 nitrogen and oxygen atoms in total. The van der Waals surface area contributed by atoms with Crippen LogP contribution in [-0.2, 0) is 12.5 Å². The molecule has 0 aliphatic heterocycles. The fourth-order valence-electron chi connectivity index (χ4n) is 2.26. The van der Waals surface area contributed by atoms with Crippen molar-refractivity contribution in [3.63, 3.8) is 0 Å². The molecule has 1 saturated carbocycles. The summed E-state index contributed by atoms with van der Waals surface area (Å²) in [6, 6.07) is 0. The molecule has 1 heterocycles. The molecule has 1 aliphatic carbocycles. The minimum Gasteiger partial charge on any atom is -0.330 e. The van der Waals surface area contributed by atoms with Crippen LogP contribution in [0.25, 0.3) is 0 Å². The highest BCUT2D eigenvalue weighted by atomic mass is 15.2. The third kappa shape index (κ3) is 1.37. The van der Waals surface area contributed by atoms with E-state index in [0.29, 0.717) is 5.41 Å². The lowest BCUT2D eigenvalue weighted by molar-refractivity contribution is 0.229. The van der Waals surface area contributed by atoms with Gasteiger partial charge in [-0.1, -0.05) is 6.42 Å². The molecule has 1 aromatic heterocycles. The average molecular weight is 179 g/mol. The minimum atomic E-state index is 0.378. The Morgan fingerprint density at radius 2 is 2.38 bits per heavy atom. The SMILES string of the molecule is Cn1cc(C2(CCN)CCC2)cn1. The fourth-order valence-corrected chi connectivity index (χ4v) is 2.26. The predicted octanol–water partition coefficient (Wildman–Crippen LogP) is 1.19. The number of aryl methyl sites for hydroxylation is 1. The van der Waals surface area contributed by atoms with Gasteiger partial charge in [-0.2, -0.15) is 5.10 Å². The first-order valence-electron chi connectivity index (χ1n) is 4.96. The molecule has 0 saturated heterocycles. The first-order chi connectivity index (χ1) is 6.27. The van der Waals surface area contributed by atoms with Crippen LogP contribution in [0, 0.1) is 0 Å². The van der Waals surface area contributed by atoms with Crippen LogP contribution in [0.1, 0.15) is 31.2 Å². The molecule has 1 aromatic rings. The Bertz CT molecular complexity index is 286. The third-order valence-electron chi connectivity index (χ3n) is 3.25. The van der Waals surface area contributed by atoms with Crippen molar-refractivity contribution < 1.29 is 0 Å². The molecule has 0 spiro atoms. The molecule has 0 amide bonds. The van der Waals surface area contributed by atoms with Gasteiger partial charge < -0.3 is 5.73 Å². The largest absolute Gasteiger partial charge is 0.330 e. The number of aromatic nitrogens is 2. The van der Waals surface area contributed by atoms with Gasteiger partial charge in [0, 0.05) is 13.2 Å². The number of hydrogen-bond donors (Lipinski definition) is 1. The van der Waals surface area contributed by atoms with E-state index < -0.39 is 0 Å². The Morgan fingerprint density at radius 3 is 2.77 bits per heavy atom. The van der Waals surface area contributed by atoms with Crippen molar-refractivity contribution in [1.82, 2.24) is 9.78 Å². The van der Waals surface area contributed by atoms with Gasteiger partial charge in [0.05, 0.1) is 6.20 Å². The Labute approximate surface area is 78.9 Å². The number of rotatable bonds is 3. The van der Waals surface area contributed by atoms with E-state index in [1.807, 2.05) is 17.9 Å². The molecule has 2 N–H and O–H groups in total. The zero-order valence-electron chi connectivity index (χ0n) is 8.16. The summed E-state index contributed by atoms with van der Waals surface area (Å²) < 4.78 is 1.88. The number of nitrogens with zero attached hydrogens (tertiary/aromatic N) is 2. The van der Waals surface area contributed by atoms with E-state index in [2.05, 4.69) is 11.3 Å². The Balaban J connectivity index is 2.21. The normalized spacial score (nSPS) is 19.8. The first kappa shape index (κ1) is 8.75. The van der Waals surface area contributed by atoms with Gasteiger partial charge in [-0.15, -0.1) is 0 Å². The summed E-state index contributed by atoms with van der Waals surface area (Å²) in [7, 11) is 1.97. The van der Waals surface area contributed by atoms with E-state index >= 15 is 0 Å². The van der Waals surface area contributed by atoms with Crippen LogP contribution in [0.5, 0.6) is 0 Å². The van der Waals surface area contributed by atoms with Crippen LogP contribution in [0.4, 0.5) is 0 Å². The Hall–Kier alpha value is -0.830. The summed E-state index contributed by atoms with van der Waals surface area (Å²) in [5.41, 5.74) is 7.40. The molecule has 13 heavy (non-hydrogen) atoms. The molecule has 1 fully saturated rings. The second-order valence-corrected chi connectivity index (χ2v) is 4.08. The van der Waals surface area contributed by atoms with Gasteiger partial charge in [0.1, 0.15) is 0 Å². The molecule has 72 valence electrons. The highest BCUT2D eigenvalue weighted by molar-refractivity contribution is 5.22. The molecule has 1 aliphatic rings. The van der Waals surface area contributed by atoms with Gasteiger partial charge in [-0.25, -0.2) is 0 Å². The van der Waals surface area contributed by atoms with Gasteiger partial charge in [-0.3, -0.25) is 4.68 Å². The predicted molar refractivity (Wildman–Crippen MR) is 52.4 cm³/mol.